The first kappa shape index (κ1) is 15.5. The Morgan fingerprint density at radius 1 is 1.10 bits per heavy atom. The number of nitrogens with one attached hydrogen (secondary N) is 1. The largest absolute Gasteiger partial charge is 0.489 e. The van der Waals surface area contributed by atoms with Gasteiger partial charge in [0.25, 0.3) is 0 Å². The summed E-state index contributed by atoms with van der Waals surface area (Å²) in [6.45, 7) is 5.55. The molecule has 0 radical (unpaired) electrons. The van der Waals surface area contributed by atoms with Crippen LogP contribution in [0.4, 0.5) is 4.39 Å². The van der Waals surface area contributed by atoms with Crippen LogP contribution in [0.2, 0.25) is 0 Å². The van der Waals surface area contributed by atoms with E-state index in [0.717, 1.165) is 18.7 Å². The summed E-state index contributed by atoms with van der Waals surface area (Å²) in [4.78, 5) is 0. The van der Waals surface area contributed by atoms with Gasteiger partial charge in [-0.05, 0) is 43.7 Å². The zero-order valence-corrected chi connectivity index (χ0v) is 12.6. The number of ether oxygens (including phenoxy) is 1. The van der Waals surface area contributed by atoms with Crippen molar-refractivity contribution < 1.29 is 9.13 Å². The SMILES string of the molecule is CCCNC(C)c1ccc(OCc2ccccc2F)cc1. The lowest BCUT2D eigenvalue weighted by Gasteiger charge is -2.14. The molecule has 1 unspecified atom stereocenters. The standard InChI is InChI=1S/C18H22FNO/c1-3-12-20-14(2)15-8-10-17(11-9-15)21-13-16-6-4-5-7-18(16)19/h4-11,14,20H,3,12-13H2,1-2H3. The number of hydrogen-bond acceptors (Lipinski definition) is 2. The predicted octanol–water partition coefficient (Wildman–Crippen LogP) is 4.47. The molecule has 0 aliphatic carbocycles. The van der Waals surface area contributed by atoms with Crippen LogP contribution in [-0.2, 0) is 6.61 Å². The molecular formula is C18H22FNO. The Hall–Kier alpha value is -1.87. The molecule has 2 nitrogen and oxygen atoms in total. The van der Waals surface area contributed by atoms with Gasteiger partial charge in [-0.15, -0.1) is 0 Å². The maximum atomic E-state index is 13.5. The summed E-state index contributed by atoms with van der Waals surface area (Å²) in [5.74, 6) is 0.524. The highest BCUT2D eigenvalue weighted by molar-refractivity contribution is 5.29. The lowest BCUT2D eigenvalue weighted by molar-refractivity contribution is 0.299. The van der Waals surface area contributed by atoms with Crippen molar-refractivity contribution in [2.75, 3.05) is 6.54 Å². The van der Waals surface area contributed by atoms with E-state index in [0.29, 0.717) is 11.6 Å². The summed E-state index contributed by atoms with van der Waals surface area (Å²) in [5.41, 5.74) is 1.79. The Balaban J connectivity index is 1.92. The van der Waals surface area contributed by atoms with E-state index in [1.807, 2.05) is 30.3 Å². The van der Waals surface area contributed by atoms with Crippen molar-refractivity contribution in [3.63, 3.8) is 0 Å². The van der Waals surface area contributed by atoms with Gasteiger partial charge in [-0.1, -0.05) is 37.3 Å². The van der Waals surface area contributed by atoms with Gasteiger partial charge in [0.2, 0.25) is 0 Å². The molecule has 0 spiro atoms. The van der Waals surface area contributed by atoms with Crippen LogP contribution in [0, 0.1) is 5.82 Å². The summed E-state index contributed by atoms with van der Waals surface area (Å²) in [5, 5.41) is 3.44. The highest BCUT2D eigenvalue weighted by atomic mass is 19.1. The Morgan fingerprint density at radius 3 is 2.48 bits per heavy atom. The molecule has 1 atom stereocenters. The van der Waals surface area contributed by atoms with Crippen LogP contribution >= 0.6 is 0 Å². The van der Waals surface area contributed by atoms with Gasteiger partial charge >= 0.3 is 0 Å². The maximum Gasteiger partial charge on any atom is 0.129 e. The number of halogens is 1. The van der Waals surface area contributed by atoms with Crippen molar-refractivity contribution in [2.45, 2.75) is 32.9 Å². The number of benzene rings is 2. The fourth-order valence-electron chi connectivity index (χ4n) is 2.11. The van der Waals surface area contributed by atoms with E-state index in [1.165, 1.54) is 11.6 Å². The molecule has 112 valence electrons. The minimum atomic E-state index is -0.230. The second-order valence-corrected chi connectivity index (χ2v) is 5.12. The van der Waals surface area contributed by atoms with E-state index in [-0.39, 0.29) is 12.4 Å². The predicted molar refractivity (Wildman–Crippen MR) is 83.9 cm³/mol. The summed E-state index contributed by atoms with van der Waals surface area (Å²) < 4.78 is 19.1. The molecular weight excluding hydrogens is 265 g/mol. The minimum Gasteiger partial charge on any atom is -0.489 e. The third-order valence-electron chi connectivity index (χ3n) is 3.43. The quantitative estimate of drug-likeness (QED) is 0.811. The third kappa shape index (κ3) is 4.57. The van der Waals surface area contributed by atoms with Gasteiger partial charge in [-0.2, -0.15) is 0 Å². The first-order valence-electron chi connectivity index (χ1n) is 7.40. The average Bonchev–Trinajstić information content (AvgIpc) is 2.52. The van der Waals surface area contributed by atoms with Crippen LogP contribution in [0.15, 0.2) is 48.5 Å². The smallest absolute Gasteiger partial charge is 0.129 e. The highest BCUT2D eigenvalue weighted by Gasteiger charge is 2.05. The first-order chi connectivity index (χ1) is 10.2. The molecule has 0 heterocycles. The molecule has 0 amide bonds. The molecule has 0 bridgehead atoms. The highest BCUT2D eigenvalue weighted by Crippen LogP contribution is 2.19. The Bertz CT molecular complexity index is 553. The van der Waals surface area contributed by atoms with Crippen LogP contribution in [0.1, 0.15) is 37.4 Å². The lowest BCUT2D eigenvalue weighted by Crippen LogP contribution is -2.19. The van der Waals surface area contributed by atoms with E-state index in [9.17, 15) is 4.39 Å². The maximum absolute atomic E-state index is 13.5. The van der Waals surface area contributed by atoms with Crippen LogP contribution in [-0.4, -0.2) is 6.54 Å². The fraction of sp³-hybridized carbons (Fsp3) is 0.333. The van der Waals surface area contributed by atoms with Gasteiger partial charge in [-0.3, -0.25) is 0 Å². The summed E-state index contributed by atoms with van der Waals surface area (Å²) in [7, 11) is 0. The molecule has 2 rings (SSSR count). The van der Waals surface area contributed by atoms with Crippen LogP contribution in [0.5, 0.6) is 5.75 Å². The molecule has 0 aliphatic rings. The second kappa shape index (κ2) is 7.79. The molecule has 0 aromatic heterocycles. The van der Waals surface area contributed by atoms with Gasteiger partial charge in [0.05, 0.1) is 0 Å². The zero-order chi connectivity index (χ0) is 15.1. The molecule has 3 heteroatoms. The van der Waals surface area contributed by atoms with Crippen LogP contribution in [0.25, 0.3) is 0 Å². The second-order valence-electron chi connectivity index (χ2n) is 5.12. The van der Waals surface area contributed by atoms with Gasteiger partial charge < -0.3 is 10.1 Å². The van der Waals surface area contributed by atoms with Gasteiger partial charge in [0.15, 0.2) is 0 Å². The van der Waals surface area contributed by atoms with Crippen LogP contribution in [0.3, 0.4) is 0 Å². The summed E-state index contributed by atoms with van der Waals surface area (Å²) in [6.07, 6.45) is 1.12. The minimum absolute atomic E-state index is 0.230. The van der Waals surface area contributed by atoms with E-state index >= 15 is 0 Å². The van der Waals surface area contributed by atoms with E-state index in [2.05, 4.69) is 19.2 Å². The van der Waals surface area contributed by atoms with E-state index < -0.39 is 0 Å². The first-order valence-corrected chi connectivity index (χ1v) is 7.40. The molecule has 2 aromatic carbocycles. The van der Waals surface area contributed by atoms with Gasteiger partial charge in [0.1, 0.15) is 18.2 Å². The summed E-state index contributed by atoms with van der Waals surface area (Å²) in [6, 6.07) is 15.0. The van der Waals surface area contributed by atoms with E-state index in [4.69, 9.17) is 4.74 Å². The normalized spacial score (nSPS) is 12.1. The average molecular weight is 287 g/mol. The van der Waals surface area contributed by atoms with Crippen molar-refractivity contribution in [1.82, 2.24) is 5.32 Å². The monoisotopic (exact) mass is 287 g/mol. The van der Waals surface area contributed by atoms with Crippen molar-refractivity contribution in [3.8, 4) is 5.75 Å². The molecule has 0 saturated carbocycles. The number of hydrogen-bond donors (Lipinski definition) is 1. The number of rotatable bonds is 7. The topological polar surface area (TPSA) is 21.3 Å². The molecule has 0 saturated heterocycles. The molecule has 0 aliphatic heterocycles. The molecule has 1 N–H and O–H groups in total. The summed E-state index contributed by atoms with van der Waals surface area (Å²) >= 11 is 0. The Labute approximate surface area is 126 Å². The third-order valence-corrected chi connectivity index (χ3v) is 3.43. The van der Waals surface area contributed by atoms with Crippen molar-refractivity contribution in [1.29, 1.82) is 0 Å². The van der Waals surface area contributed by atoms with Crippen LogP contribution < -0.4 is 10.1 Å². The molecule has 21 heavy (non-hydrogen) atoms. The van der Waals surface area contributed by atoms with Crippen molar-refractivity contribution in [2.24, 2.45) is 0 Å². The Morgan fingerprint density at radius 2 is 1.81 bits per heavy atom. The molecule has 2 aromatic rings. The van der Waals surface area contributed by atoms with Gasteiger partial charge in [0, 0.05) is 11.6 Å². The van der Waals surface area contributed by atoms with E-state index in [1.54, 1.807) is 12.1 Å². The van der Waals surface area contributed by atoms with Crippen molar-refractivity contribution in [3.05, 3.63) is 65.5 Å². The Kier molecular flexibility index (Phi) is 5.76. The fourth-order valence-corrected chi connectivity index (χ4v) is 2.11. The zero-order valence-electron chi connectivity index (χ0n) is 12.6. The van der Waals surface area contributed by atoms with Crippen molar-refractivity contribution >= 4 is 0 Å². The van der Waals surface area contributed by atoms with Gasteiger partial charge in [-0.25, -0.2) is 4.39 Å². The molecule has 0 fully saturated rings. The lowest BCUT2D eigenvalue weighted by atomic mass is 10.1.